The maximum atomic E-state index is 12.6. The van der Waals surface area contributed by atoms with Crippen LogP contribution in [0.5, 0.6) is 0 Å². The number of aryl methyl sites for hydroxylation is 1. The fourth-order valence-corrected chi connectivity index (χ4v) is 3.18. The second kappa shape index (κ2) is 9.43. The topological polar surface area (TPSA) is 94.9 Å². The molecule has 2 heterocycles. The number of carbonyl (C=O) groups is 2. The molecule has 0 aliphatic carbocycles. The zero-order valence-electron chi connectivity index (χ0n) is 17.9. The zero-order valence-corrected chi connectivity index (χ0v) is 17.9. The molecular formula is C21H29N7O2. The third kappa shape index (κ3) is 5.16. The average Bonchev–Trinajstić information content (AvgIpc) is 3.15. The van der Waals surface area contributed by atoms with Crippen LogP contribution in [-0.2, 0) is 23.2 Å². The Kier molecular flexibility index (Phi) is 6.71. The molecule has 1 saturated heterocycles. The number of nitrogens with zero attached hydrogens (tertiary/aromatic N) is 5. The predicted molar refractivity (Wildman–Crippen MR) is 117 cm³/mol. The van der Waals surface area contributed by atoms with E-state index in [0.717, 1.165) is 16.9 Å². The van der Waals surface area contributed by atoms with Gasteiger partial charge in [-0.05, 0) is 17.7 Å². The third-order valence-corrected chi connectivity index (χ3v) is 4.93. The number of amides is 2. The highest BCUT2D eigenvalue weighted by molar-refractivity contribution is 5.98. The minimum Gasteiger partial charge on any atom is -0.352 e. The maximum Gasteiger partial charge on any atom is 0.246 e. The molecule has 0 saturated carbocycles. The first-order valence-corrected chi connectivity index (χ1v) is 10.0. The van der Waals surface area contributed by atoms with Gasteiger partial charge in [0.2, 0.25) is 11.8 Å². The van der Waals surface area contributed by atoms with Crippen LogP contribution < -0.4 is 15.5 Å². The van der Waals surface area contributed by atoms with Gasteiger partial charge in [-0.1, -0.05) is 26.0 Å². The number of benzene rings is 1. The number of aromatic nitrogens is 2. The molecule has 0 spiro atoms. The van der Waals surface area contributed by atoms with E-state index in [1.54, 1.807) is 22.8 Å². The summed E-state index contributed by atoms with van der Waals surface area (Å²) in [7, 11) is 3.55. The molecule has 1 aliphatic heterocycles. The number of carbonyl (C=O) groups excluding carboxylic acids is 2. The van der Waals surface area contributed by atoms with Crippen molar-refractivity contribution >= 4 is 29.1 Å². The van der Waals surface area contributed by atoms with Crippen LogP contribution >= 0.6 is 0 Å². The summed E-state index contributed by atoms with van der Waals surface area (Å²) >= 11 is 0. The van der Waals surface area contributed by atoms with E-state index in [9.17, 15) is 9.59 Å². The van der Waals surface area contributed by atoms with Crippen molar-refractivity contribution in [3.8, 4) is 0 Å². The Morgan fingerprint density at radius 2 is 1.97 bits per heavy atom. The predicted octanol–water partition coefficient (Wildman–Crippen LogP) is 1.44. The van der Waals surface area contributed by atoms with Crippen LogP contribution in [0, 0.1) is 5.92 Å². The molecule has 160 valence electrons. The summed E-state index contributed by atoms with van der Waals surface area (Å²) in [6.07, 6.45) is 3.54. The van der Waals surface area contributed by atoms with Crippen LogP contribution in [0.3, 0.4) is 0 Å². The Balaban J connectivity index is 1.54. The molecule has 2 N–H and O–H groups in total. The highest BCUT2D eigenvalue weighted by Gasteiger charge is 2.27. The van der Waals surface area contributed by atoms with E-state index in [2.05, 4.69) is 20.7 Å². The van der Waals surface area contributed by atoms with E-state index >= 15 is 0 Å². The van der Waals surface area contributed by atoms with Gasteiger partial charge in [0, 0.05) is 51.5 Å². The van der Waals surface area contributed by atoms with Gasteiger partial charge in [-0.2, -0.15) is 5.10 Å². The number of hydrogen-bond donors (Lipinski definition) is 2. The maximum absolute atomic E-state index is 12.6. The molecule has 3 rings (SSSR count). The smallest absolute Gasteiger partial charge is 0.246 e. The lowest BCUT2D eigenvalue weighted by atomic mass is 10.1. The molecule has 1 aromatic carbocycles. The van der Waals surface area contributed by atoms with Crippen LogP contribution in [0.25, 0.3) is 0 Å². The molecule has 0 unspecified atom stereocenters. The molecular weight excluding hydrogens is 382 g/mol. The summed E-state index contributed by atoms with van der Waals surface area (Å²) in [5.74, 6) is 0.640. The van der Waals surface area contributed by atoms with Crippen molar-refractivity contribution in [1.82, 2.24) is 20.0 Å². The number of aliphatic imine (C=N–C) groups is 1. The van der Waals surface area contributed by atoms with Crippen molar-refractivity contribution in [1.29, 1.82) is 0 Å². The normalized spacial score (nSPS) is 15.0. The molecule has 1 aromatic heterocycles. The van der Waals surface area contributed by atoms with Gasteiger partial charge in [0.05, 0.1) is 11.9 Å². The van der Waals surface area contributed by atoms with E-state index < -0.39 is 0 Å². The van der Waals surface area contributed by atoms with Crippen LogP contribution in [0.2, 0.25) is 0 Å². The first kappa shape index (κ1) is 21.4. The second-order valence-corrected chi connectivity index (χ2v) is 7.58. The Labute approximate surface area is 176 Å². The molecule has 2 amide bonds. The zero-order chi connectivity index (χ0) is 21.7. The van der Waals surface area contributed by atoms with E-state index in [1.807, 2.05) is 56.3 Å². The van der Waals surface area contributed by atoms with Gasteiger partial charge in [-0.25, -0.2) is 0 Å². The van der Waals surface area contributed by atoms with Crippen molar-refractivity contribution < 1.29 is 9.59 Å². The minimum atomic E-state index is -0.0593. The van der Waals surface area contributed by atoms with Crippen LogP contribution in [-0.4, -0.2) is 59.1 Å². The van der Waals surface area contributed by atoms with Gasteiger partial charge in [-0.15, -0.1) is 0 Å². The summed E-state index contributed by atoms with van der Waals surface area (Å²) in [5, 5.41) is 10.3. The molecule has 1 fully saturated rings. The largest absolute Gasteiger partial charge is 0.352 e. The van der Waals surface area contributed by atoms with Gasteiger partial charge in [0.1, 0.15) is 6.54 Å². The standard InChI is InChI=1S/C21H29N7O2/c1-15(2)20(30)25-17-7-5-16(6-8-17)11-23-21(22-3)27-9-10-28(19(29)14-27)18-12-24-26(4)13-18/h5-8,12-13,15H,9-11,14H2,1-4H3,(H,22,23)(H,25,30). The summed E-state index contributed by atoms with van der Waals surface area (Å²) in [4.78, 5) is 32.4. The van der Waals surface area contributed by atoms with Crippen LogP contribution in [0.15, 0.2) is 41.7 Å². The van der Waals surface area contributed by atoms with Gasteiger partial charge in [0.25, 0.3) is 0 Å². The molecule has 0 bridgehead atoms. The molecule has 0 atom stereocenters. The first-order chi connectivity index (χ1) is 14.4. The number of anilines is 2. The number of nitrogens with one attached hydrogen (secondary N) is 2. The highest BCUT2D eigenvalue weighted by Crippen LogP contribution is 2.16. The van der Waals surface area contributed by atoms with E-state index in [1.165, 1.54) is 0 Å². The Morgan fingerprint density at radius 1 is 1.23 bits per heavy atom. The second-order valence-electron chi connectivity index (χ2n) is 7.58. The Hall–Kier alpha value is -3.36. The van der Waals surface area contributed by atoms with Crippen molar-refractivity contribution in [3.63, 3.8) is 0 Å². The van der Waals surface area contributed by atoms with Crippen LogP contribution in [0.4, 0.5) is 11.4 Å². The van der Waals surface area contributed by atoms with Gasteiger partial charge in [0.15, 0.2) is 5.96 Å². The third-order valence-electron chi connectivity index (χ3n) is 4.93. The molecule has 9 nitrogen and oxygen atoms in total. The highest BCUT2D eigenvalue weighted by atomic mass is 16.2. The monoisotopic (exact) mass is 411 g/mol. The number of hydrogen-bond acceptors (Lipinski definition) is 4. The van der Waals surface area contributed by atoms with Crippen molar-refractivity contribution in [2.24, 2.45) is 18.0 Å². The lowest BCUT2D eigenvalue weighted by Crippen LogP contribution is -2.55. The molecule has 0 radical (unpaired) electrons. The average molecular weight is 412 g/mol. The lowest BCUT2D eigenvalue weighted by Gasteiger charge is -2.35. The number of rotatable bonds is 5. The Morgan fingerprint density at radius 3 is 2.53 bits per heavy atom. The SMILES string of the molecule is CN=C(NCc1ccc(NC(=O)C(C)C)cc1)N1CCN(c2cnn(C)c2)C(=O)C1. The van der Waals surface area contributed by atoms with E-state index in [0.29, 0.717) is 25.6 Å². The molecule has 30 heavy (non-hydrogen) atoms. The fraction of sp³-hybridized carbons (Fsp3) is 0.429. The van der Waals surface area contributed by atoms with Crippen molar-refractivity contribution in [2.45, 2.75) is 20.4 Å². The van der Waals surface area contributed by atoms with Gasteiger partial charge < -0.3 is 20.4 Å². The van der Waals surface area contributed by atoms with Crippen LogP contribution in [0.1, 0.15) is 19.4 Å². The molecule has 9 heteroatoms. The van der Waals surface area contributed by atoms with E-state index in [4.69, 9.17) is 0 Å². The minimum absolute atomic E-state index is 0.00336. The summed E-state index contributed by atoms with van der Waals surface area (Å²) in [6.45, 7) is 5.81. The number of guanidine groups is 1. The van der Waals surface area contributed by atoms with Gasteiger partial charge >= 0.3 is 0 Å². The van der Waals surface area contributed by atoms with Crippen molar-refractivity contribution in [2.75, 3.05) is 36.9 Å². The van der Waals surface area contributed by atoms with Gasteiger partial charge in [-0.3, -0.25) is 19.3 Å². The Bertz CT molecular complexity index is 918. The summed E-state index contributed by atoms with van der Waals surface area (Å²) in [6, 6.07) is 7.69. The summed E-state index contributed by atoms with van der Waals surface area (Å²) in [5.41, 5.74) is 2.65. The summed E-state index contributed by atoms with van der Waals surface area (Å²) < 4.78 is 1.69. The molecule has 1 aliphatic rings. The molecule has 2 aromatic rings. The van der Waals surface area contributed by atoms with E-state index in [-0.39, 0.29) is 24.3 Å². The number of piperazine rings is 1. The van der Waals surface area contributed by atoms with Crippen molar-refractivity contribution in [3.05, 3.63) is 42.2 Å². The lowest BCUT2D eigenvalue weighted by molar-refractivity contribution is -0.120. The quantitative estimate of drug-likeness (QED) is 0.574. The fourth-order valence-electron chi connectivity index (χ4n) is 3.18. The first-order valence-electron chi connectivity index (χ1n) is 10.0.